The highest BCUT2D eigenvalue weighted by Gasteiger charge is 2.07. The smallest absolute Gasteiger partial charge is 0.169 e. The van der Waals surface area contributed by atoms with E-state index in [2.05, 4.69) is 107 Å². The number of methoxy groups -OCH3 is 2. The molecule has 0 spiro atoms. The first-order valence-electron chi connectivity index (χ1n) is 18.1. The Morgan fingerprint density at radius 3 is 1.10 bits per heavy atom. The van der Waals surface area contributed by atoms with Crippen LogP contribution in [0.25, 0.3) is 32.7 Å². The van der Waals surface area contributed by atoms with Gasteiger partial charge in [-0.3, -0.25) is 0 Å². The molecule has 6 aromatic rings. The number of hydrogen-bond acceptors (Lipinski definition) is 4. The average Bonchev–Trinajstić information content (AvgIpc) is 3.17. The Morgan fingerprint density at radius 2 is 0.720 bits per heavy atom. The van der Waals surface area contributed by atoms with Gasteiger partial charge in [0.1, 0.15) is 36.1 Å². The van der Waals surface area contributed by atoms with Gasteiger partial charge in [-0.1, -0.05) is 24.3 Å². The number of rotatable bonds is 19. The van der Waals surface area contributed by atoms with Crippen LogP contribution in [0.4, 0.5) is 0 Å². The van der Waals surface area contributed by atoms with E-state index in [1.54, 1.807) is 14.2 Å². The van der Waals surface area contributed by atoms with Crippen molar-refractivity contribution in [2.45, 2.75) is 64.5 Å². The summed E-state index contributed by atoms with van der Waals surface area (Å²) in [7, 11) is 3.39. The maximum absolute atomic E-state index is 6.02. The minimum atomic E-state index is 0.751. The van der Waals surface area contributed by atoms with Gasteiger partial charge in [0.05, 0.1) is 27.4 Å². The molecule has 258 valence electrons. The van der Waals surface area contributed by atoms with Crippen LogP contribution in [-0.2, 0) is 13.1 Å². The molecule has 4 aromatic carbocycles. The molecule has 0 aliphatic carbocycles. The summed E-state index contributed by atoms with van der Waals surface area (Å²) in [6, 6.07) is 33.6. The summed E-state index contributed by atoms with van der Waals surface area (Å²) in [6.07, 6.45) is 18.0. The second kappa shape index (κ2) is 18.1. The first-order chi connectivity index (χ1) is 24.7. The van der Waals surface area contributed by atoms with Crippen molar-refractivity contribution in [2.24, 2.45) is 0 Å². The lowest BCUT2D eigenvalue weighted by Crippen LogP contribution is -2.33. The second-order valence-electron chi connectivity index (χ2n) is 12.9. The SMILES string of the molecule is COc1ccc2cc(OCCCCCC[n+]3ccc(-c4cc[n+](CCCCCCOc5ccc6cc(OC)ccc6c5)cc4)cc3)ccc2c1. The zero-order valence-corrected chi connectivity index (χ0v) is 29.6. The summed E-state index contributed by atoms with van der Waals surface area (Å²) in [5, 5.41) is 4.66. The zero-order valence-electron chi connectivity index (χ0n) is 29.6. The standard InChI is InChI=1S/C44H50N2O4/c1-47-41-15-11-39-33-43(17-13-37(39)31-41)49-29-9-5-3-7-23-45-25-19-35(20-26-45)36-21-27-46(28-22-36)24-8-4-6-10-30-50-44-18-14-38-32-42(48-2)16-12-40(38)34-44/h11-22,25-28,31-34H,3-10,23-24,29-30H2,1-2H3/q+2. The minimum absolute atomic E-state index is 0.751. The maximum Gasteiger partial charge on any atom is 0.169 e. The highest BCUT2D eigenvalue weighted by Crippen LogP contribution is 2.26. The molecule has 6 heteroatoms. The molecule has 0 aliphatic rings. The van der Waals surface area contributed by atoms with E-state index in [1.807, 2.05) is 24.3 Å². The number of unbranched alkanes of at least 4 members (excludes halogenated alkanes) is 6. The van der Waals surface area contributed by atoms with Gasteiger partial charge in [0.2, 0.25) is 0 Å². The maximum atomic E-state index is 6.02. The Hall–Kier alpha value is -5.10. The van der Waals surface area contributed by atoms with Crippen LogP contribution in [0.15, 0.2) is 122 Å². The average molecular weight is 671 g/mol. The van der Waals surface area contributed by atoms with Crippen molar-refractivity contribution < 1.29 is 28.1 Å². The first-order valence-corrected chi connectivity index (χ1v) is 18.1. The Bertz CT molecular complexity index is 1800. The quantitative estimate of drug-likeness (QED) is 0.0636. The number of aryl methyl sites for hydroxylation is 2. The van der Waals surface area contributed by atoms with Crippen molar-refractivity contribution >= 4 is 21.5 Å². The molecule has 0 atom stereocenters. The third-order valence-corrected chi connectivity index (χ3v) is 9.31. The van der Waals surface area contributed by atoms with Gasteiger partial charge in [-0.05, 0) is 120 Å². The van der Waals surface area contributed by atoms with E-state index in [0.29, 0.717) is 0 Å². The molecule has 0 saturated carbocycles. The number of ether oxygens (including phenoxy) is 4. The Labute approximate surface area is 296 Å². The van der Waals surface area contributed by atoms with Crippen LogP contribution in [-0.4, -0.2) is 27.4 Å². The summed E-state index contributed by atoms with van der Waals surface area (Å²) >= 11 is 0. The molecule has 0 saturated heterocycles. The lowest BCUT2D eigenvalue weighted by molar-refractivity contribution is -0.697. The molecular weight excluding hydrogens is 620 g/mol. The van der Waals surface area contributed by atoms with Crippen LogP contribution in [0.3, 0.4) is 0 Å². The highest BCUT2D eigenvalue weighted by molar-refractivity contribution is 5.86. The van der Waals surface area contributed by atoms with Crippen molar-refractivity contribution in [1.29, 1.82) is 0 Å². The van der Waals surface area contributed by atoms with Gasteiger partial charge in [-0.2, -0.15) is 0 Å². The second-order valence-corrected chi connectivity index (χ2v) is 12.9. The minimum Gasteiger partial charge on any atom is -0.497 e. The monoisotopic (exact) mass is 670 g/mol. The van der Waals surface area contributed by atoms with Crippen molar-refractivity contribution in [3.63, 3.8) is 0 Å². The van der Waals surface area contributed by atoms with Crippen molar-refractivity contribution in [3.8, 4) is 34.1 Å². The van der Waals surface area contributed by atoms with Gasteiger partial charge in [-0.15, -0.1) is 0 Å². The molecule has 0 fully saturated rings. The molecule has 2 aromatic heterocycles. The lowest BCUT2D eigenvalue weighted by Gasteiger charge is -2.08. The van der Waals surface area contributed by atoms with Crippen LogP contribution in [0.2, 0.25) is 0 Å². The summed E-state index contributed by atoms with van der Waals surface area (Å²) in [4.78, 5) is 0. The van der Waals surface area contributed by atoms with E-state index in [-0.39, 0.29) is 0 Å². The van der Waals surface area contributed by atoms with Crippen LogP contribution < -0.4 is 28.1 Å². The number of hydrogen-bond donors (Lipinski definition) is 0. The van der Waals surface area contributed by atoms with Crippen LogP contribution in [0.1, 0.15) is 51.4 Å². The third-order valence-electron chi connectivity index (χ3n) is 9.31. The predicted molar refractivity (Wildman–Crippen MR) is 201 cm³/mol. The Balaban J connectivity index is 0.817. The van der Waals surface area contributed by atoms with E-state index in [9.17, 15) is 0 Å². The number of nitrogens with zero attached hydrogens (tertiary/aromatic N) is 2. The Morgan fingerprint density at radius 1 is 0.380 bits per heavy atom. The summed E-state index contributed by atoms with van der Waals surface area (Å²) in [6.45, 7) is 3.58. The van der Waals surface area contributed by atoms with Crippen LogP contribution in [0, 0.1) is 0 Å². The van der Waals surface area contributed by atoms with E-state index in [0.717, 1.165) is 72.9 Å². The zero-order chi connectivity index (χ0) is 34.4. The highest BCUT2D eigenvalue weighted by atomic mass is 16.5. The van der Waals surface area contributed by atoms with Crippen molar-refractivity contribution in [2.75, 3.05) is 27.4 Å². The fourth-order valence-corrected chi connectivity index (χ4v) is 6.32. The molecule has 0 aliphatic heterocycles. The number of fused-ring (bicyclic) bond motifs is 2. The summed E-state index contributed by atoms with van der Waals surface area (Å²) in [5.74, 6) is 3.61. The normalized spacial score (nSPS) is 11.2. The van der Waals surface area contributed by atoms with E-state index in [1.165, 1.54) is 60.4 Å². The molecule has 0 unspecified atom stereocenters. The fourth-order valence-electron chi connectivity index (χ4n) is 6.32. The molecule has 0 N–H and O–H groups in total. The van der Waals surface area contributed by atoms with Gasteiger partial charge < -0.3 is 18.9 Å². The fraction of sp³-hybridized carbons (Fsp3) is 0.318. The predicted octanol–water partition coefficient (Wildman–Crippen LogP) is 9.53. The topological polar surface area (TPSA) is 44.7 Å². The van der Waals surface area contributed by atoms with Gasteiger partial charge in [-0.25, -0.2) is 9.13 Å². The van der Waals surface area contributed by atoms with Gasteiger partial charge in [0.15, 0.2) is 24.8 Å². The van der Waals surface area contributed by atoms with Gasteiger partial charge in [0, 0.05) is 37.1 Å². The first kappa shape index (κ1) is 34.8. The van der Waals surface area contributed by atoms with Gasteiger partial charge >= 0.3 is 0 Å². The Kier molecular flexibility index (Phi) is 12.5. The third kappa shape index (κ3) is 9.97. The summed E-state index contributed by atoms with van der Waals surface area (Å²) in [5.41, 5.74) is 2.51. The van der Waals surface area contributed by atoms with Crippen molar-refractivity contribution in [1.82, 2.24) is 0 Å². The molecule has 2 heterocycles. The van der Waals surface area contributed by atoms with Gasteiger partial charge in [0.25, 0.3) is 0 Å². The van der Waals surface area contributed by atoms with E-state index in [4.69, 9.17) is 18.9 Å². The number of pyridine rings is 2. The molecule has 6 rings (SSSR count). The molecule has 50 heavy (non-hydrogen) atoms. The van der Waals surface area contributed by atoms with E-state index >= 15 is 0 Å². The van der Waals surface area contributed by atoms with Crippen molar-refractivity contribution in [3.05, 3.63) is 122 Å². The molecule has 0 radical (unpaired) electrons. The summed E-state index contributed by atoms with van der Waals surface area (Å²) < 4.78 is 27.3. The molecule has 0 bridgehead atoms. The van der Waals surface area contributed by atoms with Crippen LogP contribution in [0.5, 0.6) is 23.0 Å². The van der Waals surface area contributed by atoms with Crippen LogP contribution >= 0.6 is 0 Å². The molecular formula is C44H50N2O4+2. The molecule has 0 amide bonds. The largest absolute Gasteiger partial charge is 0.497 e. The van der Waals surface area contributed by atoms with E-state index < -0.39 is 0 Å². The number of aromatic nitrogens is 2. The number of benzene rings is 4. The molecule has 6 nitrogen and oxygen atoms in total. The lowest BCUT2D eigenvalue weighted by atomic mass is 10.1.